The Morgan fingerprint density at radius 1 is 1.29 bits per heavy atom. The molecule has 2 N–H and O–H groups in total. The summed E-state index contributed by atoms with van der Waals surface area (Å²) in [7, 11) is 1.96. The first-order chi connectivity index (χ1) is 8.20. The van der Waals surface area contributed by atoms with Gasteiger partial charge in [-0.1, -0.05) is 28.1 Å². The van der Waals surface area contributed by atoms with E-state index in [1.807, 2.05) is 19.2 Å². The van der Waals surface area contributed by atoms with Crippen LogP contribution in [0.25, 0.3) is 11.4 Å². The van der Waals surface area contributed by atoms with E-state index in [1.165, 1.54) is 0 Å². The molecule has 4 heteroatoms. The van der Waals surface area contributed by atoms with Crippen LogP contribution in [0.3, 0.4) is 0 Å². The molecule has 2 rings (SSSR count). The minimum absolute atomic E-state index is 0.945. The van der Waals surface area contributed by atoms with Crippen LogP contribution in [0.2, 0.25) is 0 Å². The fraction of sp³-hybridized carbons (Fsp3) is 0.308. The Bertz CT molecular complexity index is 488. The monoisotopic (exact) mass is 293 g/mol. The SMILES string of the molecule is CNCCc1nc(-c2ccc(Br)cc2)[nH]c1C. The van der Waals surface area contributed by atoms with Crippen molar-refractivity contribution in [3.8, 4) is 11.4 Å². The highest BCUT2D eigenvalue weighted by Gasteiger charge is 2.07. The fourth-order valence-electron chi connectivity index (χ4n) is 1.73. The number of nitrogens with zero attached hydrogens (tertiary/aromatic N) is 1. The van der Waals surface area contributed by atoms with E-state index in [9.17, 15) is 0 Å². The maximum atomic E-state index is 4.64. The van der Waals surface area contributed by atoms with Crippen LogP contribution in [-0.2, 0) is 6.42 Å². The van der Waals surface area contributed by atoms with Gasteiger partial charge in [-0.3, -0.25) is 0 Å². The summed E-state index contributed by atoms with van der Waals surface area (Å²) in [5.41, 5.74) is 3.41. The number of rotatable bonds is 4. The molecule has 0 spiro atoms. The topological polar surface area (TPSA) is 40.7 Å². The number of nitrogens with one attached hydrogen (secondary N) is 2. The lowest BCUT2D eigenvalue weighted by atomic mass is 10.2. The molecule has 0 aliphatic carbocycles. The summed E-state index contributed by atoms with van der Waals surface area (Å²) in [6.07, 6.45) is 0.954. The third kappa shape index (κ3) is 2.96. The van der Waals surface area contributed by atoms with Crippen molar-refractivity contribution in [2.75, 3.05) is 13.6 Å². The lowest BCUT2D eigenvalue weighted by Crippen LogP contribution is -2.11. The number of aromatic nitrogens is 2. The van der Waals surface area contributed by atoms with Crippen molar-refractivity contribution in [1.82, 2.24) is 15.3 Å². The van der Waals surface area contributed by atoms with Crippen LogP contribution in [0.15, 0.2) is 28.7 Å². The van der Waals surface area contributed by atoms with Crippen LogP contribution in [0, 0.1) is 6.92 Å². The van der Waals surface area contributed by atoms with E-state index in [1.54, 1.807) is 0 Å². The van der Waals surface area contributed by atoms with Crippen molar-refractivity contribution in [1.29, 1.82) is 0 Å². The first-order valence-corrected chi connectivity index (χ1v) is 6.46. The zero-order valence-corrected chi connectivity index (χ0v) is 11.6. The highest BCUT2D eigenvalue weighted by atomic mass is 79.9. The molecule has 1 heterocycles. The van der Waals surface area contributed by atoms with Crippen LogP contribution in [0.4, 0.5) is 0 Å². The number of aromatic amines is 1. The van der Waals surface area contributed by atoms with Gasteiger partial charge in [0.15, 0.2) is 0 Å². The van der Waals surface area contributed by atoms with Crippen molar-refractivity contribution < 1.29 is 0 Å². The highest BCUT2D eigenvalue weighted by Crippen LogP contribution is 2.20. The molecule has 0 bridgehead atoms. The molecule has 0 fully saturated rings. The van der Waals surface area contributed by atoms with Gasteiger partial charge in [0.2, 0.25) is 0 Å². The number of H-pyrrole nitrogens is 1. The number of imidazole rings is 1. The smallest absolute Gasteiger partial charge is 0.137 e. The summed E-state index contributed by atoms with van der Waals surface area (Å²) in [6.45, 7) is 3.02. The van der Waals surface area contributed by atoms with E-state index in [0.717, 1.165) is 40.2 Å². The number of hydrogen-bond donors (Lipinski definition) is 2. The molecule has 0 atom stereocenters. The standard InChI is InChI=1S/C13H16BrN3/c1-9-12(7-8-15-2)17-13(16-9)10-3-5-11(14)6-4-10/h3-6,15H,7-8H2,1-2H3,(H,16,17). The lowest BCUT2D eigenvalue weighted by molar-refractivity contribution is 0.776. The molecule has 0 saturated heterocycles. The molecule has 0 unspecified atom stereocenters. The van der Waals surface area contributed by atoms with Gasteiger partial charge in [-0.15, -0.1) is 0 Å². The predicted octanol–water partition coefficient (Wildman–Crippen LogP) is 2.91. The van der Waals surface area contributed by atoms with Crippen molar-refractivity contribution in [3.63, 3.8) is 0 Å². The largest absolute Gasteiger partial charge is 0.342 e. The van der Waals surface area contributed by atoms with Crippen LogP contribution >= 0.6 is 15.9 Å². The minimum Gasteiger partial charge on any atom is -0.342 e. The Hall–Kier alpha value is -1.13. The third-order valence-corrected chi connectivity index (χ3v) is 3.24. The average molecular weight is 294 g/mol. The Morgan fingerprint density at radius 3 is 2.65 bits per heavy atom. The van der Waals surface area contributed by atoms with Crippen LogP contribution in [-0.4, -0.2) is 23.6 Å². The number of aryl methyl sites for hydroxylation is 1. The number of likely N-dealkylation sites (N-methyl/N-ethyl adjacent to an activating group) is 1. The highest BCUT2D eigenvalue weighted by molar-refractivity contribution is 9.10. The Balaban J connectivity index is 2.24. The van der Waals surface area contributed by atoms with Gasteiger partial charge in [-0.2, -0.15) is 0 Å². The molecule has 90 valence electrons. The van der Waals surface area contributed by atoms with E-state index in [-0.39, 0.29) is 0 Å². The van der Waals surface area contributed by atoms with E-state index >= 15 is 0 Å². The minimum atomic E-state index is 0.945. The van der Waals surface area contributed by atoms with Crippen molar-refractivity contribution in [2.45, 2.75) is 13.3 Å². The van der Waals surface area contributed by atoms with Gasteiger partial charge in [0.25, 0.3) is 0 Å². The summed E-state index contributed by atoms with van der Waals surface area (Å²) >= 11 is 3.43. The van der Waals surface area contributed by atoms with Crippen molar-refractivity contribution >= 4 is 15.9 Å². The average Bonchev–Trinajstić information content (AvgIpc) is 2.69. The van der Waals surface area contributed by atoms with Crippen molar-refractivity contribution in [3.05, 3.63) is 40.1 Å². The first-order valence-electron chi connectivity index (χ1n) is 5.66. The zero-order chi connectivity index (χ0) is 12.3. The summed E-state index contributed by atoms with van der Waals surface area (Å²) < 4.78 is 1.08. The van der Waals surface area contributed by atoms with E-state index in [0.29, 0.717) is 0 Å². The van der Waals surface area contributed by atoms with Gasteiger partial charge in [0.05, 0.1) is 5.69 Å². The number of hydrogen-bond acceptors (Lipinski definition) is 2. The zero-order valence-electron chi connectivity index (χ0n) is 10.0. The summed E-state index contributed by atoms with van der Waals surface area (Å²) in [5.74, 6) is 0.945. The van der Waals surface area contributed by atoms with Crippen molar-refractivity contribution in [2.24, 2.45) is 0 Å². The second kappa shape index (κ2) is 5.47. The Kier molecular flexibility index (Phi) is 3.97. The maximum absolute atomic E-state index is 4.64. The molecule has 0 radical (unpaired) electrons. The molecule has 3 nitrogen and oxygen atoms in total. The molecule has 17 heavy (non-hydrogen) atoms. The Labute approximate surface area is 110 Å². The predicted molar refractivity (Wildman–Crippen MR) is 74.1 cm³/mol. The molecule has 0 aliphatic rings. The first kappa shape index (κ1) is 12.3. The molecule has 1 aromatic heterocycles. The summed E-state index contributed by atoms with van der Waals surface area (Å²) in [5, 5.41) is 3.14. The second-order valence-electron chi connectivity index (χ2n) is 4.02. The second-order valence-corrected chi connectivity index (χ2v) is 4.93. The lowest BCUT2D eigenvalue weighted by Gasteiger charge is -1.97. The van der Waals surface area contributed by atoms with Gasteiger partial charge >= 0.3 is 0 Å². The summed E-state index contributed by atoms with van der Waals surface area (Å²) in [4.78, 5) is 7.97. The summed E-state index contributed by atoms with van der Waals surface area (Å²) in [6, 6.07) is 8.18. The number of benzene rings is 1. The molecular weight excluding hydrogens is 278 g/mol. The third-order valence-electron chi connectivity index (χ3n) is 2.71. The number of halogens is 1. The molecule has 1 aromatic carbocycles. The van der Waals surface area contributed by atoms with E-state index in [4.69, 9.17) is 0 Å². The van der Waals surface area contributed by atoms with Gasteiger partial charge in [0, 0.05) is 28.7 Å². The van der Waals surface area contributed by atoms with Crippen LogP contribution < -0.4 is 5.32 Å². The van der Waals surface area contributed by atoms with Gasteiger partial charge in [-0.05, 0) is 26.1 Å². The molecule has 2 aromatic rings. The molecule has 0 aliphatic heterocycles. The molecule has 0 amide bonds. The molecule has 0 saturated carbocycles. The van der Waals surface area contributed by atoms with E-state index < -0.39 is 0 Å². The normalized spacial score (nSPS) is 10.8. The van der Waals surface area contributed by atoms with E-state index in [2.05, 4.69) is 50.3 Å². The van der Waals surface area contributed by atoms with Crippen LogP contribution in [0.5, 0.6) is 0 Å². The Morgan fingerprint density at radius 2 is 2.00 bits per heavy atom. The quantitative estimate of drug-likeness (QED) is 0.910. The fourth-order valence-corrected chi connectivity index (χ4v) is 1.99. The molecular formula is C13H16BrN3. The van der Waals surface area contributed by atoms with Gasteiger partial charge < -0.3 is 10.3 Å². The van der Waals surface area contributed by atoms with Gasteiger partial charge in [0.1, 0.15) is 5.82 Å². The van der Waals surface area contributed by atoms with Gasteiger partial charge in [-0.25, -0.2) is 4.98 Å². The van der Waals surface area contributed by atoms with Crippen LogP contribution in [0.1, 0.15) is 11.4 Å². The maximum Gasteiger partial charge on any atom is 0.137 e.